The van der Waals surface area contributed by atoms with Crippen molar-refractivity contribution in [3.8, 4) is 0 Å². The molecule has 7 aromatic rings. The molecule has 0 bridgehead atoms. The summed E-state index contributed by atoms with van der Waals surface area (Å²) >= 11 is 0. The third kappa shape index (κ3) is 14.8. The lowest BCUT2D eigenvalue weighted by Crippen LogP contribution is -2.66. The van der Waals surface area contributed by atoms with Crippen LogP contribution in [0.4, 0.5) is 13.2 Å². The zero-order chi connectivity index (χ0) is 60.8. The fraction of sp³-hybridized carbons (Fsp3) is 0.210. The minimum Gasteiger partial charge on any atom is -0.459 e. The summed E-state index contributed by atoms with van der Waals surface area (Å²) in [6, 6.07) is 50.1. The van der Waals surface area contributed by atoms with Crippen molar-refractivity contribution in [3.63, 3.8) is 0 Å². The van der Waals surface area contributed by atoms with Gasteiger partial charge in [-0.2, -0.15) is 21.6 Å². The number of alkyl halides is 3. The van der Waals surface area contributed by atoms with E-state index in [4.69, 9.17) is 47.4 Å². The molecule has 0 saturated carbocycles. The van der Waals surface area contributed by atoms with Crippen LogP contribution in [-0.4, -0.2) is 130 Å². The second-order valence-electron chi connectivity index (χ2n) is 18.9. The number of hydrogen-bond donors (Lipinski definition) is 0. The van der Waals surface area contributed by atoms with Crippen LogP contribution < -0.4 is 0 Å². The Bertz CT molecular complexity index is 3590. The maximum Gasteiger partial charge on any atom is 0.523 e. The summed E-state index contributed by atoms with van der Waals surface area (Å²) in [5.41, 5.74) is -6.99. The number of carbonyl (C=O) groups is 7. The van der Waals surface area contributed by atoms with Gasteiger partial charge in [0.2, 0.25) is 12.1 Å². The van der Waals surface area contributed by atoms with E-state index >= 15 is 0 Å². The second kappa shape index (κ2) is 27.4. The fourth-order valence-corrected chi connectivity index (χ4v) is 9.34. The average Bonchev–Trinajstić information content (AvgIpc) is 1.59. The zero-order valence-corrected chi connectivity index (χ0v) is 45.5. The van der Waals surface area contributed by atoms with Gasteiger partial charge in [-0.1, -0.05) is 127 Å². The molecule has 2 fully saturated rings. The van der Waals surface area contributed by atoms with Crippen molar-refractivity contribution in [2.24, 2.45) is 0 Å². The van der Waals surface area contributed by atoms with Gasteiger partial charge >= 0.3 is 57.4 Å². The van der Waals surface area contributed by atoms with Gasteiger partial charge < -0.3 is 47.4 Å². The molecule has 20 nitrogen and oxygen atoms in total. The Kier molecular flexibility index (Phi) is 19.4. The molecule has 2 aliphatic heterocycles. The van der Waals surface area contributed by atoms with E-state index in [0.29, 0.717) is 0 Å². The molecule has 86 heavy (non-hydrogen) atoms. The number of esters is 7. The standard InChI is InChI=1S/C62H49F3O20S/c63-62(64,65)86(73,74)77-37-47-49(80-56(69)42-28-14-4-15-29-42)52(83-59(72)45-34-20-7-21-35-45)61(84-47,38-76-54(67)40-24-10-2-11-25-40)85-60-51(82-58(71)44-32-18-6-19-33-44)50(81-57(70)43-30-16-5-17-31-43)48(79-55(68)41-26-12-3-13-27-41)46(78-60)36-75-53(66)39-22-8-1-9-23-39/h1-35,46-52,60H,36-38H2/t46-,47-,48-,49-,50+,51-,52+,60+,61+/m1/s1. The monoisotopic (exact) mass is 1200 g/mol. The van der Waals surface area contributed by atoms with Gasteiger partial charge in [0, 0.05) is 0 Å². The summed E-state index contributed by atoms with van der Waals surface area (Å²) in [6.45, 7) is -4.04. The smallest absolute Gasteiger partial charge is 0.459 e. The van der Waals surface area contributed by atoms with Crippen LogP contribution in [0.15, 0.2) is 212 Å². The minimum atomic E-state index is -6.53. The van der Waals surface area contributed by atoms with Crippen molar-refractivity contribution in [2.75, 3.05) is 19.8 Å². The number of benzene rings is 7. The molecule has 2 saturated heterocycles. The number of halogens is 3. The molecule has 24 heteroatoms. The predicted octanol–water partition coefficient (Wildman–Crippen LogP) is 8.53. The summed E-state index contributed by atoms with van der Waals surface area (Å²) in [4.78, 5) is 100. The normalized spacial score (nSPS) is 21.8. The van der Waals surface area contributed by atoms with Crippen molar-refractivity contribution in [3.05, 3.63) is 251 Å². The molecular formula is C62H49F3O20S. The lowest BCUT2D eigenvalue weighted by atomic mass is 9.97. The van der Waals surface area contributed by atoms with Crippen molar-refractivity contribution in [1.29, 1.82) is 0 Å². The molecule has 0 unspecified atom stereocenters. The maximum atomic E-state index is 14.6. The highest BCUT2D eigenvalue weighted by molar-refractivity contribution is 7.87. The molecule has 0 aliphatic carbocycles. The lowest BCUT2D eigenvalue weighted by Gasteiger charge is -2.46. The van der Waals surface area contributed by atoms with Crippen molar-refractivity contribution in [2.45, 2.75) is 60.3 Å². The Labute approximate surface area is 488 Å². The number of rotatable bonds is 21. The summed E-state index contributed by atoms with van der Waals surface area (Å²) in [5.74, 6) is -11.4. The molecule has 2 aliphatic rings. The van der Waals surface area contributed by atoms with Crippen LogP contribution in [0.25, 0.3) is 0 Å². The third-order valence-electron chi connectivity index (χ3n) is 13.1. The average molecular weight is 1200 g/mol. The molecule has 0 radical (unpaired) electrons. The largest absolute Gasteiger partial charge is 0.523 e. The Morgan fingerprint density at radius 1 is 0.395 bits per heavy atom. The van der Waals surface area contributed by atoms with E-state index in [9.17, 15) is 55.2 Å². The van der Waals surface area contributed by atoms with E-state index in [2.05, 4.69) is 4.18 Å². The molecule has 0 N–H and O–H groups in total. The van der Waals surface area contributed by atoms with E-state index < -0.39 is 132 Å². The molecule has 0 spiro atoms. The van der Waals surface area contributed by atoms with Crippen LogP contribution in [-0.2, 0) is 61.7 Å². The summed E-state index contributed by atoms with van der Waals surface area (Å²) < 4.78 is 134. The molecule has 0 aromatic heterocycles. The maximum absolute atomic E-state index is 14.6. The van der Waals surface area contributed by atoms with Crippen molar-refractivity contribution in [1.82, 2.24) is 0 Å². The highest BCUT2D eigenvalue weighted by atomic mass is 32.2. The first-order valence-electron chi connectivity index (χ1n) is 26.1. The van der Waals surface area contributed by atoms with Crippen molar-refractivity contribution < 1.29 is 107 Å². The van der Waals surface area contributed by atoms with E-state index in [0.717, 1.165) is 0 Å². The lowest BCUT2D eigenvalue weighted by molar-refractivity contribution is -0.380. The van der Waals surface area contributed by atoms with Gasteiger partial charge in [-0.25, -0.2) is 33.6 Å². The van der Waals surface area contributed by atoms with Gasteiger partial charge in [0.15, 0.2) is 30.5 Å². The van der Waals surface area contributed by atoms with Crippen molar-refractivity contribution >= 4 is 51.9 Å². The van der Waals surface area contributed by atoms with Gasteiger partial charge in [0.1, 0.15) is 25.4 Å². The first-order valence-corrected chi connectivity index (χ1v) is 27.5. The summed E-state index contributed by atoms with van der Waals surface area (Å²) in [6.07, 6.45) is -18.0. The number of hydrogen-bond acceptors (Lipinski definition) is 20. The van der Waals surface area contributed by atoms with Crippen LogP contribution in [0.1, 0.15) is 72.5 Å². The highest BCUT2D eigenvalue weighted by Crippen LogP contribution is 2.43. The van der Waals surface area contributed by atoms with Gasteiger partial charge in [-0.05, 0) is 84.9 Å². The molecule has 9 rings (SSSR count). The highest BCUT2D eigenvalue weighted by Gasteiger charge is 2.66. The molecule has 9 atom stereocenters. The first-order chi connectivity index (χ1) is 41.4. The van der Waals surface area contributed by atoms with Crippen LogP contribution in [0, 0.1) is 0 Å². The van der Waals surface area contributed by atoms with Crippen LogP contribution in [0.3, 0.4) is 0 Å². The number of carbonyl (C=O) groups excluding carboxylic acids is 7. The summed E-state index contributed by atoms with van der Waals surface area (Å²) in [7, 11) is -6.53. The minimum absolute atomic E-state index is 0.00849. The predicted molar refractivity (Wildman–Crippen MR) is 290 cm³/mol. The van der Waals surface area contributed by atoms with E-state index in [1.165, 1.54) is 182 Å². The Hall–Kier alpha value is -9.59. The second-order valence-corrected chi connectivity index (χ2v) is 20.5. The SMILES string of the molecule is O=C(OC[C@H]1O[C@@H](O[C@]2(COC(=O)c3ccccc3)O[C@H](COS(=O)(=O)C(F)(F)F)[C@@H](OC(=O)c3ccccc3)[C@@H]2OC(=O)c2ccccc2)[C@H](OC(=O)c2ccccc2)[C@@H](OC(=O)c2ccccc2)[C@@H]1OC(=O)c1ccccc1)c1ccccc1. The molecule has 444 valence electrons. The van der Waals surface area contributed by atoms with Gasteiger partial charge in [-0.15, -0.1) is 0 Å². The molecule has 2 heterocycles. The number of ether oxygens (including phenoxy) is 10. The Morgan fingerprint density at radius 2 is 0.721 bits per heavy atom. The van der Waals surface area contributed by atoms with Gasteiger partial charge in [-0.3, -0.25) is 4.18 Å². The molecular weight excluding hydrogens is 1150 g/mol. The quantitative estimate of drug-likeness (QED) is 0.0283. The fourth-order valence-electron chi connectivity index (χ4n) is 8.89. The molecule has 0 amide bonds. The molecule has 7 aromatic carbocycles. The van der Waals surface area contributed by atoms with Crippen LogP contribution in [0.5, 0.6) is 0 Å². The Balaban J connectivity index is 1.25. The van der Waals surface area contributed by atoms with Crippen LogP contribution >= 0.6 is 0 Å². The van der Waals surface area contributed by atoms with Gasteiger partial charge in [0.25, 0.3) is 0 Å². The van der Waals surface area contributed by atoms with Crippen LogP contribution in [0.2, 0.25) is 0 Å². The van der Waals surface area contributed by atoms with E-state index in [1.54, 1.807) is 30.3 Å². The van der Waals surface area contributed by atoms with Gasteiger partial charge in [0.05, 0.1) is 45.6 Å². The first kappa shape index (κ1) is 61.0. The third-order valence-corrected chi connectivity index (χ3v) is 14.1. The Morgan fingerprint density at radius 3 is 1.10 bits per heavy atom. The van der Waals surface area contributed by atoms with E-state index in [1.807, 2.05) is 0 Å². The summed E-state index contributed by atoms with van der Waals surface area (Å²) in [5, 5.41) is 0. The topological polar surface area (TPSA) is 255 Å². The zero-order valence-electron chi connectivity index (χ0n) is 44.7. The van der Waals surface area contributed by atoms with E-state index in [-0.39, 0.29) is 38.9 Å².